The van der Waals surface area contributed by atoms with Crippen LogP contribution in [0.5, 0.6) is 0 Å². The Hall–Kier alpha value is -1.26. The number of anilines is 1. The number of hydrogen-bond acceptors (Lipinski definition) is 6. The number of aliphatic hydroxyl groups is 1. The van der Waals surface area contributed by atoms with Crippen molar-refractivity contribution < 1.29 is 27.0 Å². The van der Waals surface area contributed by atoms with Crippen LogP contribution in [0.2, 0.25) is 0 Å². The molecule has 1 fully saturated rings. The van der Waals surface area contributed by atoms with E-state index in [0.717, 1.165) is 0 Å². The van der Waals surface area contributed by atoms with Crippen LogP contribution in [0.25, 0.3) is 0 Å². The molecule has 0 amide bonds. The van der Waals surface area contributed by atoms with E-state index in [1.807, 2.05) is 0 Å². The first kappa shape index (κ1) is 17.1. The van der Waals surface area contributed by atoms with Crippen LogP contribution in [-0.2, 0) is 23.0 Å². The highest BCUT2D eigenvalue weighted by Crippen LogP contribution is 2.43. The zero-order chi connectivity index (χ0) is 16.7. The average molecular weight is 338 g/mol. The number of rotatable bonds is 4. The minimum atomic E-state index is -4.66. The Balaban J connectivity index is 2.32. The summed E-state index contributed by atoms with van der Waals surface area (Å²) >= 11 is -2.50. The Kier molecular flexibility index (Phi) is 4.46. The summed E-state index contributed by atoms with van der Waals surface area (Å²) in [6.45, 7) is 3.45. The summed E-state index contributed by atoms with van der Waals surface area (Å²) in [6, 6.07) is -0.399. The van der Waals surface area contributed by atoms with Crippen LogP contribution in [0.3, 0.4) is 0 Å². The molecule has 0 aromatic carbocycles. The fraction of sp³-hybridized carbons (Fsp3) is 0.667. The fourth-order valence-corrected chi connectivity index (χ4v) is 2.57. The van der Waals surface area contributed by atoms with Crippen LogP contribution in [0.1, 0.15) is 31.7 Å². The van der Waals surface area contributed by atoms with Gasteiger partial charge in [-0.3, -0.25) is 4.21 Å². The summed E-state index contributed by atoms with van der Waals surface area (Å²) in [5, 5.41) is 12.3. The highest BCUT2D eigenvalue weighted by atomic mass is 32.2. The molecule has 1 saturated carbocycles. The molecule has 1 aliphatic rings. The van der Waals surface area contributed by atoms with Gasteiger partial charge in [-0.05, 0) is 17.5 Å². The predicted molar refractivity (Wildman–Crippen MR) is 71.5 cm³/mol. The smallest absolute Gasteiger partial charge is 0.421 e. The van der Waals surface area contributed by atoms with Crippen LogP contribution >= 0.6 is 0 Å². The number of nitrogens with zero attached hydrogens (tertiary/aromatic N) is 2. The highest BCUT2D eigenvalue weighted by Gasteiger charge is 2.48. The van der Waals surface area contributed by atoms with Crippen molar-refractivity contribution in [2.45, 2.75) is 44.3 Å². The normalized spacial score (nSPS) is 25.4. The molecule has 3 unspecified atom stereocenters. The van der Waals surface area contributed by atoms with E-state index in [9.17, 15) is 27.0 Å². The van der Waals surface area contributed by atoms with Gasteiger partial charge < -0.3 is 15.0 Å². The number of alkyl halides is 3. The van der Waals surface area contributed by atoms with Crippen LogP contribution < -0.4 is 5.32 Å². The molecule has 0 bridgehead atoms. The molecule has 6 nitrogen and oxygen atoms in total. The van der Waals surface area contributed by atoms with E-state index in [2.05, 4.69) is 15.3 Å². The second kappa shape index (κ2) is 5.74. The highest BCUT2D eigenvalue weighted by molar-refractivity contribution is 7.78. The van der Waals surface area contributed by atoms with Gasteiger partial charge in [-0.1, -0.05) is 13.8 Å². The largest absolute Gasteiger partial charge is 0.772 e. The minimum absolute atomic E-state index is 0.221. The maximum absolute atomic E-state index is 13.0. The first-order valence-electron chi connectivity index (χ1n) is 6.45. The molecule has 1 aliphatic carbocycles. The molecule has 2 rings (SSSR count). The zero-order valence-electron chi connectivity index (χ0n) is 11.8. The molecule has 0 aliphatic heterocycles. The first-order valence-corrected chi connectivity index (χ1v) is 7.69. The van der Waals surface area contributed by atoms with Crippen LogP contribution in [-0.4, -0.2) is 36.0 Å². The van der Waals surface area contributed by atoms with Crippen molar-refractivity contribution >= 4 is 16.9 Å². The monoisotopic (exact) mass is 338 g/mol. The van der Waals surface area contributed by atoms with Gasteiger partial charge in [0.15, 0.2) is 0 Å². The fourth-order valence-electron chi connectivity index (χ4n) is 2.22. The Morgan fingerprint density at radius 2 is 2.18 bits per heavy atom. The molecule has 2 N–H and O–H groups in total. The quantitative estimate of drug-likeness (QED) is 0.806. The van der Waals surface area contributed by atoms with Gasteiger partial charge in [0, 0.05) is 17.7 Å². The Morgan fingerprint density at radius 1 is 1.55 bits per heavy atom. The molecule has 0 saturated heterocycles. The second-order valence-corrected chi connectivity index (χ2v) is 6.66. The Labute approximate surface area is 127 Å². The summed E-state index contributed by atoms with van der Waals surface area (Å²) < 4.78 is 60.3. The summed E-state index contributed by atoms with van der Waals surface area (Å²) in [7, 11) is 0. The molecule has 3 atom stereocenters. The van der Waals surface area contributed by atoms with Gasteiger partial charge in [-0.25, -0.2) is 9.97 Å². The van der Waals surface area contributed by atoms with E-state index in [1.165, 1.54) is 0 Å². The SMILES string of the molecule is CC1(C)C(O)CC1Nc1nc(CS(=O)[O-])ncc1C(F)(F)F. The molecule has 1 aromatic rings. The van der Waals surface area contributed by atoms with Crippen molar-refractivity contribution in [2.24, 2.45) is 5.41 Å². The summed E-state index contributed by atoms with van der Waals surface area (Å²) in [5.41, 5.74) is -1.67. The molecule has 124 valence electrons. The van der Waals surface area contributed by atoms with E-state index in [-0.39, 0.29) is 12.2 Å². The van der Waals surface area contributed by atoms with Gasteiger partial charge in [0.1, 0.15) is 17.2 Å². The van der Waals surface area contributed by atoms with E-state index in [0.29, 0.717) is 6.20 Å². The van der Waals surface area contributed by atoms with E-state index in [1.54, 1.807) is 13.8 Å². The lowest BCUT2D eigenvalue weighted by molar-refractivity contribution is -0.137. The van der Waals surface area contributed by atoms with Gasteiger partial charge >= 0.3 is 6.18 Å². The van der Waals surface area contributed by atoms with Crippen molar-refractivity contribution in [1.82, 2.24) is 9.97 Å². The van der Waals surface area contributed by atoms with Gasteiger partial charge in [0.25, 0.3) is 0 Å². The van der Waals surface area contributed by atoms with E-state index in [4.69, 9.17) is 0 Å². The number of halogens is 3. The van der Waals surface area contributed by atoms with E-state index >= 15 is 0 Å². The number of hydrogen-bond donors (Lipinski definition) is 2. The molecule has 22 heavy (non-hydrogen) atoms. The van der Waals surface area contributed by atoms with Crippen molar-refractivity contribution in [2.75, 3.05) is 5.32 Å². The Morgan fingerprint density at radius 3 is 2.64 bits per heavy atom. The Bertz CT molecular complexity index is 595. The molecular formula is C12H15F3N3O3S-. The number of nitrogens with one attached hydrogen (secondary N) is 1. The maximum atomic E-state index is 13.0. The molecular weight excluding hydrogens is 323 g/mol. The standard InChI is InChI=1S/C12H16F3N3O3S/c1-11(2)7(3-8(11)19)17-10-6(12(13,14)15)4-16-9(18-10)5-22(20)21/h4,7-8,19H,3,5H2,1-2H3,(H,20,21)(H,16,17,18)/p-1. The topological polar surface area (TPSA) is 98.2 Å². The predicted octanol–water partition coefficient (Wildman–Crippen LogP) is 1.45. The molecule has 1 heterocycles. The molecule has 0 spiro atoms. The average Bonchev–Trinajstić information content (AvgIpc) is 2.36. The molecule has 0 radical (unpaired) electrons. The lowest BCUT2D eigenvalue weighted by atomic mass is 9.64. The van der Waals surface area contributed by atoms with Crippen molar-refractivity contribution in [3.8, 4) is 0 Å². The van der Waals surface area contributed by atoms with Crippen molar-refractivity contribution in [3.05, 3.63) is 17.6 Å². The second-order valence-electron chi connectivity index (χ2n) is 5.76. The number of aliphatic hydroxyl groups excluding tert-OH is 1. The van der Waals surface area contributed by atoms with E-state index < -0.39 is 52.0 Å². The summed E-state index contributed by atoms with van der Waals surface area (Å²) in [5.74, 6) is -1.25. The third-order valence-electron chi connectivity index (χ3n) is 3.92. The lowest BCUT2D eigenvalue weighted by Crippen LogP contribution is -2.57. The zero-order valence-corrected chi connectivity index (χ0v) is 12.7. The van der Waals surface area contributed by atoms with Crippen molar-refractivity contribution in [3.63, 3.8) is 0 Å². The number of aromatic nitrogens is 2. The molecule has 10 heteroatoms. The maximum Gasteiger partial charge on any atom is 0.421 e. The van der Waals surface area contributed by atoms with Crippen molar-refractivity contribution in [1.29, 1.82) is 0 Å². The first-order chi connectivity index (χ1) is 10.0. The third-order valence-corrected chi connectivity index (χ3v) is 4.41. The minimum Gasteiger partial charge on any atom is -0.772 e. The summed E-state index contributed by atoms with van der Waals surface area (Å²) in [6.07, 6.45) is -4.42. The van der Waals surface area contributed by atoms with Crippen LogP contribution in [0, 0.1) is 5.41 Å². The van der Waals surface area contributed by atoms with Crippen LogP contribution in [0.15, 0.2) is 6.20 Å². The molecule has 1 aromatic heterocycles. The van der Waals surface area contributed by atoms with Gasteiger partial charge in [0.2, 0.25) is 0 Å². The summed E-state index contributed by atoms with van der Waals surface area (Å²) in [4.78, 5) is 7.11. The van der Waals surface area contributed by atoms with Crippen LogP contribution in [0.4, 0.5) is 19.0 Å². The lowest BCUT2D eigenvalue weighted by Gasteiger charge is -2.49. The third kappa shape index (κ3) is 3.39. The van der Waals surface area contributed by atoms with Gasteiger partial charge in [0.05, 0.1) is 11.9 Å². The van der Waals surface area contributed by atoms with Gasteiger partial charge in [-0.15, -0.1) is 0 Å². The van der Waals surface area contributed by atoms with Gasteiger partial charge in [-0.2, -0.15) is 13.2 Å².